The third-order valence-electron chi connectivity index (χ3n) is 8.11. The summed E-state index contributed by atoms with van der Waals surface area (Å²) in [7, 11) is 0. The standard InChI is InChI=1S/C34H41NO3S/c1-25-16-18-29(20-31(25)23-35-22-26(2)38-32-14-8-9-15-33(32)39-35)30(19-17-27-10-6-7-11-27)21-34(36)37-24-28-12-4-3-5-13-28/h3-5,8-9,12-16,18,20,26-27,30H,6-7,10-11,17,19,21-24H2,1-2H3/t26-,30?/m1/s1. The molecule has 3 aromatic rings. The number of ether oxygens (including phenoxy) is 2. The Hall–Kier alpha value is -2.76. The number of hydrogen-bond acceptors (Lipinski definition) is 5. The van der Waals surface area contributed by atoms with Crippen LogP contribution in [-0.4, -0.2) is 22.9 Å². The number of esters is 1. The fourth-order valence-electron chi connectivity index (χ4n) is 5.86. The number of carbonyl (C=O) groups is 1. The van der Waals surface area contributed by atoms with Gasteiger partial charge in [-0.2, -0.15) is 0 Å². The van der Waals surface area contributed by atoms with Crippen molar-refractivity contribution in [3.8, 4) is 5.75 Å². The fraction of sp³-hybridized carbons (Fsp3) is 0.441. The summed E-state index contributed by atoms with van der Waals surface area (Å²) in [5.74, 6) is 1.83. The van der Waals surface area contributed by atoms with Crippen LogP contribution >= 0.6 is 11.9 Å². The minimum absolute atomic E-state index is 0.108. The van der Waals surface area contributed by atoms with Crippen LogP contribution in [0.15, 0.2) is 77.7 Å². The quantitative estimate of drug-likeness (QED) is 0.189. The average Bonchev–Trinajstić information content (AvgIpc) is 3.40. The second-order valence-corrected chi connectivity index (χ2v) is 12.4. The molecule has 0 spiro atoms. The summed E-state index contributed by atoms with van der Waals surface area (Å²) in [6.07, 6.45) is 8.12. The van der Waals surface area contributed by atoms with E-state index < -0.39 is 0 Å². The summed E-state index contributed by atoms with van der Waals surface area (Å²) in [4.78, 5) is 14.2. The first kappa shape index (κ1) is 27.8. The predicted octanol–water partition coefficient (Wildman–Crippen LogP) is 8.47. The normalized spacial score (nSPS) is 18.7. The first-order valence-corrected chi connectivity index (χ1v) is 15.3. The van der Waals surface area contributed by atoms with Gasteiger partial charge in [0.05, 0.1) is 11.3 Å². The summed E-state index contributed by atoms with van der Waals surface area (Å²) >= 11 is 1.78. The molecule has 4 nitrogen and oxygen atoms in total. The maximum Gasteiger partial charge on any atom is 0.306 e. The second-order valence-electron chi connectivity index (χ2n) is 11.3. The van der Waals surface area contributed by atoms with Crippen molar-refractivity contribution in [3.63, 3.8) is 0 Å². The van der Waals surface area contributed by atoms with Crippen molar-refractivity contribution in [2.75, 3.05) is 6.54 Å². The highest BCUT2D eigenvalue weighted by molar-refractivity contribution is 7.97. The Balaban J connectivity index is 1.30. The van der Waals surface area contributed by atoms with Crippen LogP contribution in [-0.2, 0) is 22.7 Å². The number of fused-ring (bicyclic) bond motifs is 1. The van der Waals surface area contributed by atoms with Gasteiger partial charge in [0.1, 0.15) is 18.5 Å². The lowest BCUT2D eigenvalue weighted by Crippen LogP contribution is -2.27. The number of para-hydroxylation sites is 1. The molecule has 1 saturated carbocycles. The van der Waals surface area contributed by atoms with Crippen molar-refractivity contribution < 1.29 is 14.3 Å². The van der Waals surface area contributed by atoms with Crippen molar-refractivity contribution in [3.05, 3.63) is 95.1 Å². The topological polar surface area (TPSA) is 38.8 Å². The van der Waals surface area contributed by atoms with Crippen molar-refractivity contribution >= 4 is 17.9 Å². The van der Waals surface area contributed by atoms with Crippen molar-refractivity contribution in [1.82, 2.24) is 4.31 Å². The molecule has 206 valence electrons. The zero-order valence-corrected chi connectivity index (χ0v) is 24.1. The largest absolute Gasteiger partial charge is 0.488 e. The predicted molar refractivity (Wildman–Crippen MR) is 159 cm³/mol. The van der Waals surface area contributed by atoms with E-state index in [2.05, 4.69) is 54.6 Å². The highest BCUT2D eigenvalue weighted by atomic mass is 32.2. The van der Waals surface area contributed by atoms with E-state index >= 15 is 0 Å². The molecule has 1 aliphatic heterocycles. The molecule has 1 heterocycles. The maximum absolute atomic E-state index is 13.0. The van der Waals surface area contributed by atoms with Crippen LogP contribution in [0.5, 0.6) is 5.75 Å². The molecular formula is C34H41NO3S. The molecule has 2 atom stereocenters. The molecule has 1 fully saturated rings. The Morgan fingerprint density at radius 3 is 2.64 bits per heavy atom. The molecule has 0 radical (unpaired) electrons. The first-order chi connectivity index (χ1) is 19.0. The van der Waals surface area contributed by atoms with Crippen LogP contribution in [0.3, 0.4) is 0 Å². The van der Waals surface area contributed by atoms with Crippen LogP contribution in [0, 0.1) is 12.8 Å². The highest BCUT2D eigenvalue weighted by Gasteiger charge is 2.24. The maximum atomic E-state index is 13.0. The zero-order chi connectivity index (χ0) is 27.0. The molecule has 1 aliphatic carbocycles. The van der Waals surface area contributed by atoms with Gasteiger partial charge in [0.15, 0.2) is 0 Å². The van der Waals surface area contributed by atoms with E-state index in [-0.39, 0.29) is 18.0 Å². The zero-order valence-electron chi connectivity index (χ0n) is 23.3. The molecule has 0 aromatic heterocycles. The summed E-state index contributed by atoms with van der Waals surface area (Å²) < 4.78 is 14.3. The lowest BCUT2D eigenvalue weighted by molar-refractivity contribution is -0.145. The van der Waals surface area contributed by atoms with Crippen LogP contribution < -0.4 is 4.74 Å². The Labute approximate surface area is 238 Å². The Morgan fingerprint density at radius 2 is 1.82 bits per heavy atom. The number of carbonyl (C=O) groups excluding carboxylic acids is 1. The fourth-order valence-corrected chi connectivity index (χ4v) is 6.98. The molecular weight excluding hydrogens is 502 g/mol. The Kier molecular flexibility index (Phi) is 9.65. The van der Waals surface area contributed by atoms with Gasteiger partial charge in [0.2, 0.25) is 0 Å². The van der Waals surface area contributed by atoms with E-state index in [1.165, 1.54) is 48.8 Å². The van der Waals surface area contributed by atoms with Crippen LogP contribution in [0.2, 0.25) is 0 Å². The second kappa shape index (κ2) is 13.5. The van der Waals surface area contributed by atoms with Gasteiger partial charge in [0.25, 0.3) is 0 Å². The number of nitrogens with zero attached hydrogens (tertiary/aromatic N) is 1. The van der Waals surface area contributed by atoms with Crippen LogP contribution in [0.25, 0.3) is 0 Å². The summed E-state index contributed by atoms with van der Waals surface area (Å²) in [5.41, 5.74) is 4.89. The molecule has 2 aliphatic rings. The van der Waals surface area contributed by atoms with E-state index in [1.54, 1.807) is 11.9 Å². The van der Waals surface area contributed by atoms with E-state index in [1.807, 2.05) is 36.4 Å². The van der Waals surface area contributed by atoms with Crippen LogP contribution in [0.1, 0.15) is 80.0 Å². The minimum atomic E-state index is -0.108. The molecule has 0 bridgehead atoms. The molecule has 0 saturated heterocycles. The molecule has 0 amide bonds. The number of rotatable bonds is 10. The van der Waals surface area contributed by atoms with Gasteiger partial charge in [-0.25, -0.2) is 4.31 Å². The highest BCUT2D eigenvalue weighted by Crippen LogP contribution is 2.38. The molecule has 39 heavy (non-hydrogen) atoms. The monoisotopic (exact) mass is 543 g/mol. The average molecular weight is 544 g/mol. The van der Waals surface area contributed by atoms with Gasteiger partial charge >= 0.3 is 5.97 Å². The lowest BCUT2D eigenvalue weighted by atomic mass is 9.86. The van der Waals surface area contributed by atoms with E-state index in [9.17, 15) is 4.79 Å². The van der Waals surface area contributed by atoms with Crippen molar-refractivity contribution in [2.24, 2.45) is 5.92 Å². The number of aryl methyl sites for hydroxylation is 1. The molecule has 3 aromatic carbocycles. The summed E-state index contributed by atoms with van der Waals surface area (Å²) in [6.45, 7) is 6.35. The third-order valence-corrected chi connectivity index (χ3v) is 9.18. The van der Waals surface area contributed by atoms with E-state index in [4.69, 9.17) is 9.47 Å². The van der Waals surface area contributed by atoms with Gasteiger partial charge in [-0.3, -0.25) is 4.79 Å². The SMILES string of the molecule is Cc1ccc(C(CCC2CCCC2)CC(=O)OCc2ccccc2)cc1CN1C[C@@H](C)Oc2ccccc2S1. The first-order valence-electron chi connectivity index (χ1n) is 14.5. The minimum Gasteiger partial charge on any atom is -0.488 e. The third kappa shape index (κ3) is 7.89. The van der Waals surface area contributed by atoms with Crippen molar-refractivity contribution in [1.29, 1.82) is 0 Å². The summed E-state index contributed by atoms with van der Waals surface area (Å²) in [5, 5.41) is 0. The Morgan fingerprint density at radius 1 is 1.05 bits per heavy atom. The lowest BCUT2D eigenvalue weighted by Gasteiger charge is -2.24. The number of benzene rings is 3. The molecule has 5 heteroatoms. The van der Waals surface area contributed by atoms with Crippen molar-refractivity contribution in [2.45, 2.75) is 88.9 Å². The van der Waals surface area contributed by atoms with Gasteiger partial charge in [0, 0.05) is 13.1 Å². The molecule has 0 N–H and O–H groups in total. The number of hydrogen-bond donors (Lipinski definition) is 0. The Bertz CT molecular complexity index is 1220. The molecule has 1 unspecified atom stereocenters. The van der Waals surface area contributed by atoms with Gasteiger partial charge in [-0.1, -0.05) is 86.3 Å². The van der Waals surface area contributed by atoms with E-state index in [0.717, 1.165) is 41.6 Å². The van der Waals surface area contributed by atoms with Gasteiger partial charge in [-0.15, -0.1) is 0 Å². The smallest absolute Gasteiger partial charge is 0.306 e. The van der Waals surface area contributed by atoms with Gasteiger partial charge in [-0.05, 0) is 84.9 Å². The van der Waals surface area contributed by atoms with Gasteiger partial charge < -0.3 is 9.47 Å². The van der Waals surface area contributed by atoms with Crippen LogP contribution in [0.4, 0.5) is 0 Å². The van der Waals surface area contributed by atoms with E-state index in [0.29, 0.717) is 13.0 Å². The summed E-state index contributed by atoms with van der Waals surface area (Å²) in [6, 6.07) is 25.1. The molecule has 5 rings (SSSR count).